The summed E-state index contributed by atoms with van der Waals surface area (Å²) >= 11 is 0. The Hall–Kier alpha value is -0.590. The van der Waals surface area contributed by atoms with Gasteiger partial charge >= 0.3 is 0 Å². The quantitative estimate of drug-likeness (QED) is 0.706. The van der Waals surface area contributed by atoms with Crippen LogP contribution in [0.25, 0.3) is 0 Å². The topological polar surface area (TPSA) is 45.0 Å². The van der Waals surface area contributed by atoms with E-state index < -0.39 is 0 Å². The summed E-state index contributed by atoms with van der Waals surface area (Å²) in [5, 5.41) is 12.9. The molecular weight excluding hydrogens is 224 g/mol. The summed E-state index contributed by atoms with van der Waals surface area (Å²) in [7, 11) is 0. The second-order valence-electron chi connectivity index (χ2n) is 5.79. The van der Waals surface area contributed by atoms with E-state index in [0.29, 0.717) is 6.04 Å². The number of nitrogens with zero attached hydrogens (tertiary/aromatic N) is 1. The summed E-state index contributed by atoms with van der Waals surface area (Å²) in [6, 6.07) is 2.84. The van der Waals surface area contributed by atoms with Crippen LogP contribution in [-0.2, 0) is 4.74 Å². The monoisotopic (exact) mass is 252 g/mol. The van der Waals surface area contributed by atoms with Gasteiger partial charge in [-0.3, -0.25) is 5.32 Å². The molecule has 1 saturated carbocycles. The number of hydrogen-bond acceptors (Lipinski definition) is 3. The molecule has 0 spiro atoms. The highest BCUT2D eigenvalue weighted by Crippen LogP contribution is 2.30. The van der Waals surface area contributed by atoms with Gasteiger partial charge < -0.3 is 4.74 Å². The normalized spacial score (nSPS) is 28.3. The van der Waals surface area contributed by atoms with Crippen LogP contribution in [0, 0.1) is 11.3 Å². The maximum absolute atomic E-state index is 9.45. The van der Waals surface area contributed by atoms with Gasteiger partial charge in [-0.15, -0.1) is 0 Å². The molecule has 2 atom stereocenters. The number of hydrogen-bond donors (Lipinski definition) is 1. The maximum atomic E-state index is 9.45. The molecule has 0 aromatic heterocycles. The van der Waals surface area contributed by atoms with Crippen LogP contribution in [-0.4, -0.2) is 24.3 Å². The third-order valence-electron chi connectivity index (χ3n) is 3.59. The van der Waals surface area contributed by atoms with Crippen LogP contribution in [0.5, 0.6) is 0 Å². The van der Waals surface area contributed by atoms with E-state index in [1.807, 2.05) is 0 Å². The number of rotatable bonds is 7. The van der Waals surface area contributed by atoms with Crippen LogP contribution in [0.15, 0.2) is 0 Å². The van der Waals surface area contributed by atoms with Crippen LogP contribution >= 0.6 is 0 Å². The van der Waals surface area contributed by atoms with E-state index in [4.69, 9.17) is 4.74 Å². The molecule has 1 aliphatic rings. The van der Waals surface area contributed by atoms with Crippen molar-refractivity contribution in [3.05, 3.63) is 0 Å². The first-order valence-corrected chi connectivity index (χ1v) is 7.42. The second kappa shape index (κ2) is 7.76. The van der Waals surface area contributed by atoms with Gasteiger partial charge in [-0.1, -0.05) is 19.8 Å². The molecule has 2 unspecified atom stereocenters. The Morgan fingerprint density at radius 1 is 1.44 bits per heavy atom. The fraction of sp³-hybridized carbons (Fsp3) is 0.933. The molecule has 0 aromatic carbocycles. The largest absolute Gasteiger partial charge is 0.378 e. The second-order valence-corrected chi connectivity index (χ2v) is 5.79. The molecule has 1 rings (SSSR count). The molecule has 18 heavy (non-hydrogen) atoms. The number of nitriles is 1. The predicted octanol–water partition coefficient (Wildman–Crippen LogP) is 3.40. The summed E-state index contributed by atoms with van der Waals surface area (Å²) in [5.74, 6) is 0. The predicted molar refractivity (Wildman–Crippen MR) is 74.3 cm³/mol. The van der Waals surface area contributed by atoms with E-state index in [-0.39, 0.29) is 11.6 Å². The van der Waals surface area contributed by atoms with Crippen molar-refractivity contribution in [2.75, 3.05) is 6.61 Å². The van der Waals surface area contributed by atoms with Crippen molar-refractivity contribution >= 4 is 0 Å². The highest BCUT2D eigenvalue weighted by molar-refractivity contribution is 5.10. The maximum Gasteiger partial charge on any atom is 0.109 e. The van der Waals surface area contributed by atoms with E-state index in [1.54, 1.807) is 0 Å². The van der Waals surface area contributed by atoms with Crippen molar-refractivity contribution in [3.63, 3.8) is 0 Å². The van der Waals surface area contributed by atoms with Gasteiger partial charge in [0, 0.05) is 19.1 Å². The van der Waals surface area contributed by atoms with Crippen molar-refractivity contribution in [2.45, 2.75) is 83.4 Å². The Morgan fingerprint density at radius 2 is 2.22 bits per heavy atom. The molecule has 1 aliphatic carbocycles. The lowest BCUT2D eigenvalue weighted by atomic mass is 9.80. The molecule has 0 radical (unpaired) electrons. The number of ether oxygens (including phenoxy) is 1. The minimum atomic E-state index is -0.359. The smallest absolute Gasteiger partial charge is 0.109 e. The highest BCUT2D eigenvalue weighted by Gasteiger charge is 2.37. The Bertz CT molecular complexity index is 272. The molecular formula is C15H28N2O. The molecule has 0 bridgehead atoms. The van der Waals surface area contributed by atoms with Crippen molar-refractivity contribution < 1.29 is 4.74 Å². The van der Waals surface area contributed by atoms with Gasteiger partial charge in [0.25, 0.3) is 0 Å². The molecule has 3 heteroatoms. The average molecular weight is 252 g/mol. The minimum absolute atomic E-state index is 0.265. The minimum Gasteiger partial charge on any atom is -0.378 e. The van der Waals surface area contributed by atoms with Gasteiger partial charge in [-0.05, 0) is 39.5 Å². The van der Waals surface area contributed by atoms with Crippen LogP contribution in [0.1, 0.15) is 65.7 Å². The van der Waals surface area contributed by atoms with Gasteiger partial charge in [0.2, 0.25) is 0 Å². The zero-order chi connectivity index (χ0) is 13.4. The van der Waals surface area contributed by atoms with Gasteiger partial charge in [0.1, 0.15) is 5.54 Å². The van der Waals surface area contributed by atoms with Crippen LogP contribution < -0.4 is 5.32 Å². The average Bonchev–Trinajstić information content (AvgIpc) is 2.34. The Balaban J connectivity index is 2.41. The van der Waals surface area contributed by atoms with Crippen molar-refractivity contribution in [1.82, 2.24) is 5.32 Å². The fourth-order valence-electron chi connectivity index (χ4n) is 2.79. The zero-order valence-corrected chi connectivity index (χ0v) is 12.2. The van der Waals surface area contributed by atoms with E-state index in [9.17, 15) is 5.26 Å². The van der Waals surface area contributed by atoms with Crippen molar-refractivity contribution in [3.8, 4) is 6.07 Å². The molecule has 1 fully saturated rings. The summed E-state index contributed by atoms with van der Waals surface area (Å²) in [6.07, 6.45) is 7.86. The molecule has 0 aliphatic heterocycles. The highest BCUT2D eigenvalue weighted by atomic mass is 16.5. The summed E-state index contributed by atoms with van der Waals surface area (Å²) in [5.41, 5.74) is -0.359. The third-order valence-corrected chi connectivity index (χ3v) is 3.59. The Kier molecular flexibility index (Phi) is 6.67. The third kappa shape index (κ3) is 4.96. The lowest BCUT2D eigenvalue weighted by Gasteiger charge is -2.37. The van der Waals surface area contributed by atoms with Gasteiger partial charge in [-0.2, -0.15) is 5.26 Å². The van der Waals surface area contributed by atoms with Crippen LogP contribution in [0.4, 0.5) is 0 Å². The van der Waals surface area contributed by atoms with Gasteiger partial charge in [-0.25, -0.2) is 0 Å². The first-order chi connectivity index (χ1) is 8.62. The SMILES string of the molecule is CCCCCOC1CCCC(C#N)(NC(C)C)C1. The Morgan fingerprint density at radius 3 is 2.83 bits per heavy atom. The number of unbranched alkanes of at least 4 members (excludes halogenated alkanes) is 2. The molecule has 1 N–H and O–H groups in total. The molecule has 0 aromatic rings. The zero-order valence-electron chi connectivity index (χ0n) is 12.2. The van der Waals surface area contributed by atoms with E-state index >= 15 is 0 Å². The lowest BCUT2D eigenvalue weighted by Crippen LogP contribution is -2.52. The first-order valence-electron chi connectivity index (χ1n) is 7.42. The Labute approximate surface area is 112 Å². The summed E-state index contributed by atoms with van der Waals surface area (Å²) in [6.45, 7) is 7.26. The lowest BCUT2D eigenvalue weighted by molar-refractivity contribution is 0.00619. The standard InChI is InChI=1S/C15H28N2O/c1-4-5-6-10-18-14-8-7-9-15(11-14,12-16)17-13(2)3/h13-14,17H,4-11H2,1-3H3. The van der Waals surface area contributed by atoms with Crippen LogP contribution in [0.2, 0.25) is 0 Å². The van der Waals surface area contributed by atoms with E-state index in [0.717, 1.165) is 38.7 Å². The molecule has 3 nitrogen and oxygen atoms in total. The summed E-state index contributed by atoms with van der Waals surface area (Å²) in [4.78, 5) is 0. The molecule has 0 amide bonds. The summed E-state index contributed by atoms with van der Waals surface area (Å²) < 4.78 is 5.93. The van der Waals surface area contributed by atoms with Gasteiger partial charge in [0.05, 0.1) is 12.2 Å². The molecule has 104 valence electrons. The molecule has 0 saturated heterocycles. The van der Waals surface area contributed by atoms with E-state index in [1.165, 1.54) is 12.8 Å². The van der Waals surface area contributed by atoms with Gasteiger partial charge in [0.15, 0.2) is 0 Å². The van der Waals surface area contributed by atoms with Crippen LogP contribution in [0.3, 0.4) is 0 Å². The molecule has 0 heterocycles. The fourth-order valence-corrected chi connectivity index (χ4v) is 2.79. The first kappa shape index (κ1) is 15.5. The number of nitrogens with one attached hydrogen (secondary N) is 1. The van der Waals surface area contributed by atoms with Crippen molar-refractivity contribution in [2.24, 2.45) is 0 Å². The van der Waals surface area contributed by atoms with E-state index in [2.05, 4.69) is 32.2 Å². The van der Waals surface area contributed by atoms with Crippen molar-refractivity contribution in [1.29, 1.82) is 5.26 Å².